The predicted octanol–water partition coefficient (Wildman–Crippen LogP) is -2.19. The first-order valence-corrected chi connectivity index (χ1v) is 3.45. The summed E-state index contributed by atoms with van der Waals surface area (Å²) in [5.74, 6) is 0. The Bertz CT molecular complexity index is 128. The summed E-state index contributed by atoms with van der Waals surface area (Å²) in [6.45, 7) is -0.407. The molecule has 1 rings (SSSR count). The minimum atomic E-state index is -1.11. The van der Waals surface area contributed by atoms with E-state index in [1.165, 1.54) is 0 Å². The van der Waals surface area contributed by atoms with Gasteiger partial charge in [-0.05, 0) is 0 Å². The summed E-state index contributed by atoms with van der Waals surface area (Å²) >= 11 is 0. The molecule has 1 aliphatic rings. The molecule has 0 aromatic carbocycles. The van der Waals surface area contributed by atoms with Crippen molar-refractivity contribution in [2.24, 2.45) is 0 Å². The van der Waals surface area contributed by atoms with E-state index in [9.17, 15) is 0 Å². The summed E-state index contributed by atoms with van der Waals surface area (Å²) in [6, 6.07) is 0. The van der Waals surface area contributed by atoms with Crippen molar-refractivity contribution in [3.05, 3.63) is 0 Å². The fourth-order valence-electron chi connectivity index (χ4n) is 1.08. The van der Waals surface area contributed by atoms with Crippen LogP contribution >= 0.6 is 0 Å². The lowest BCUT2D eigenvalue weighted by Gasteiger charge is -2.33. The Balaban J connectivity index is 2.51. The van der Waals surface area contributed by atoms with Crippen molar-refractivity contribution in [3.63, 3.8) is 0 Å². The van der Waals surface area contributed by atoms with E-state index in [0.29, 0.717) is 0 Å². The van der Waals surface area contributed by atoms with Crippen LogP contribution in [0.2, 0.25) is 0 Å². The number of ether oxygens (including phenoxy) is 1. The number of hydrogen-bond donors (Lipinski definition) is 4. The van der Waals surface area contributed by atoms with E-state index in [1.54, 1.807) is 0 Å². The second-order valence-corrected chi connectivity index (χ2v) is 2.61. The highest BCUT2D eigenvalue weighted by Crippen LogP contribution is 2.18. The molecule has 0 aromatic heterocycles. The van der Waals surface area contributed by atoms with Gasteiger partial charge in [-0.1, -0.05) is 0 Å². The molecule has 4 atom stereocenters. The van der Waals surface area contributed by atoms with Gasteiger partial charge in [0.1, 0.15) is 12.2 Å². The standard InChI is InChI=1S/C6H12O5/c7-2-4-6(10)3(8)1-5(9)11-4/h3-10H,1-2H2/t3-,4+,5?,6-/m0/s1. The third-order valence-corrected chi connectivity index (χ3v) is 1.73. The zero-order valence-electron chi connectivity index (χ0n) is 5.92. The average Bonchev–Trinajstić information content (AvgIpc) is 1.96. The van der Waals surface area contributed by atoms with Crippen molar-refractivity contribution in [2.45, 2.75) is 31.0 Å². The Labute approximate surface area is 63.8 Å². The molecule has 1 heterocycles. The number of rotatable bonds is 1. The van der Waals surface area contributed by atoms with Crippen LogP contribution in [0.15, 0.2) is 0 Å². The van der Waals surface area contributed by atoms with Gasteiger partial charge in [0, 0.05) is 6.42 Å². The van der Waals surface area contributed by atoms with Gasteiger partial charge < -0.3 is 25.2 Å². The third-order valence-electron chi connectivity index (χ3n) is 1.73. The molecule has 0 bridgehead atoms. The largest absolute Gasteiger partial charge is 0.394 e. The van der Waals surface area contributed by atoms with Crippen LogP contribution in [-0.2, 0) is 4.74 Å². The van der Waals surface area contributed by atoms with Crippen molar-refractivity contribution < 1.29 is 25.2 Å². The fraction of sp³-hybridized carbons (Fsp3) is 1.00. The lowest BCUT2D eigenvalue weighted by Crippen LogP contribution is -2.49. The van der Waals surface area contributed by atoms with Crippen LogP contribution in [0.1, 0.15) is 6.42 Å². The topological polar surface area (TPSA) is 90.2 Å². The Kier molecular flexibility index (Phi) is 2.80. The maximum Gasteiger partial charge on any atom is 0.157 e. The van der Waals surface area contributed by atoms with Crippen LogP contribution in [0.25, 0.3) is 0 Å². The molecule has 5 heteroatoms. The molecule has 0 saturated carbocycles. The molecule has 1 fully saturated rings. The van der Waals surface area contributed by atoms with Crippen molar-refractivity contribution in [1.29, 1.82) is 0 Å². The van der Waals surface area contributed by atoms with Crippen LogP contribution < -0.4 is 0 Å². The highest BCUT2D eigenvalue weighted by Gasteiger charge is 2.35. The molecule has 1 saturated heterocycles. The van der Waals surface area contributed by atoms with Gasteiger partial charge in [-0.2, -0.15) is 0 Å². The molecular weight excluding hydrogens is 152 g/mol. The zero-order valence-corrected chi connectivity index (χ0v) is 5.92. The van der Waals surface area contributed by atoms with Crippen molar-refractivity contribution in [1.82, 2.24) is 0 Å². The first-order valence-electron chi connectivity index (χ1n) is 3.45. The summed E-state index contributed by atoms with van der Waals surface area (Å²) in [6.07, 6.45) is -4.11. The zero-order chi connectivity index (χ0) is 8.43. The van der Waals surface area contributed by atoms with E-state index >= 15 is 0 Å². The second-order valence-electron chi connectivity index (χ2n) is 2.61. The maximum absolute atomic E-state index is 9.11. The normalized spacial score (nSPS) is 45.8. The Morgan fingerprint density at radius 2 is 1.91 bits per heavy atom. The average molecular weight is 164 g/mol. The first-order chi connectivity index (χ1) is 5.15. The summed E-state index contributed by atoms with van der Waals surface area (Å²) in [5.41, 5.74) is 0. The molecule has 1 aliphatic heterocycles. The fourth-order valence-corrected chi connectivity index (χ4v) is 1.08. The lowest BCUT2D eigenvalue weighted by atomic mass is 10.0. The molecule has 0 aromatic rings. The van der Waals surface area contributed by atoms with E-state index in [4.69, 9.17) is 25.2 Å². The van der Waals surface area contributed by atoms with Crippen molar-refractivity contribution in [3.8, 4) is 0 Å². The minimum Gasteiger partial charge on any atom is -0.394 e. The third kappa shape index (κ3) is 1.88. The van der Waals surface area contributed by atoms with Crippen LogP contribution in [0, 0.1) is 0 Å². The van der Waals surface area contributed by atoms with Crippen LogP contribution in [0.4, 0.5) is 0 Å². The number of hydrogen-bond acceptors (Lipinski definition) is 5. The monoisotopic (exact) mass is 164 g/mol. The number of aliphatic hydroxyl groups is 4. The minimum absolute atomic E-state index is 0.0162. The highest BCUT2D eigenvalue weighted by molar-refractivity contribution is 4.81. The van der Waals surface area contributed by atoms with Gasteiger partial charge in [-0.15, -0.1) is 0 Å². The summed E-state index contributed by atoms with van der Waals surface area (Å²) in [4.78, 5) is 0. The Morgan fingerprint density at radius 3 is 2.45 bits per heavy atom. The lowest BCUT2D eigenvalue weighted by molar-refractivity contribution is -0.239. The van der Waals surface area contributed by atoms with Gasteiger partial charge >= 0.3 is 0 Å². The smallest absolute Gasteiger partial charge is 0.157 e. The van der Waals surface area contributed by atoms with Crippen LogP contribution in [0.3, 0.4) is 0 Å². The van der Waals surface area contributed by atoms with E-state index in [1.807, 2.05) is 0 Å². The van der Waals surface area contributed by atoms with E-state index in [-0.39, 0.29) is 6.42 Å². The highest BCUT2D eigenvalue weighted by atomic mass is 16.6. The first kappa shape index (κ1) is 8.89. The van der Waals surface area contributed by atoms with E-state index < -0.39 is 31.2 Å². The molecule has 0 spiro atoms. The Morgan fingerprint density at radius 1 is 1.27 bits per heavy atom. The molecule has 5 nitrogen and oxygen atoms in total. The molecule has 4 N–H and O–H groups in total. The van der Waals surface area contributed by atoms with Crippen molar-refractivity contribution >= 4 is 0 Å². The van der Waals surface area contributed by atoms with Gasteiger partial charge in [0.25, 0.3) is 0 Å². The maximum atomic E-state index is 9.11. The summed E-state index contributed by atoms with van der Waals surface area (Å²) in [7, 11) is 0. The SMILES string of the molecule is OC[C@H]1OC(O)C[C@H](O)[C@@H]1O. The van der Waals surface area contributed by atoms with Gasteiger partial charge in [0.15, 0.2) is 6.29 Å². The van der Waals surface area contributed by atoms with E-state index in [0.717, 1.165) is 0 Å². The van der Waals surface area contributed by atoms with Crippen LogP contribution in [-0.4, -0.2) is 51.6 Å². The molecule has 0 aliphatic carbocycles. The quantitative estimate of drug-likeness (QED) is 0.353. The molecule has 11 heavy (non-hydrogen) atoms. The molecule has 1 unspecified atom stereocenters. The van der Waals surface area contributed by atoms with Gasteiger partial charge in [-0.25, -0.2) is 0 Å². The van der Waals surface area contributed by atoms with Gasteiger partial charge in [0.2, 0.25) is 0 Å². The second kappa shape index (κ2) is 3.46. The Hall–Kier alpha value is -0.200. The molecular formula is C6H12O5. The van der Waals surface area contributed by atoms with Crippen LogP contribution in [0.5, 0.6) is 0 Å². The summed E-state index contributed by atoms with van der Waals surface area (Å²) < 4.78 is 4.71. The molecule has 66 valence electrons. The van der Waals surface area contributed by atoms with E-state index in [2.05, 4.69) is 0 Å². The molecule has 0 amide bonds. The van der Waals surface area contributed by atoms with Gasteiger partial charge in [-0.3, -0.25) is 0 Å². The van der Waals surface area contributed by atoms with Gasteiger partial charge in [0.05, 0.1) is 12.7 Å². The summed E-state index contributed by atoms with van der Waals surface area (Å²) in [5, 5.41) is 35.6. The van der Waals surface area contributed by atoms with Crippen molar-refractivity contribution in [2.75, 3.05) is 6.61 Å². The predicted molar refractivity (Wildman–Crippen MR) is 34.6 cm³/mol. The molecule has 0 radical (unpaired) electrons. The number of aliphatic hydroxyl groups excluding tert-OH is 4.